The number of tetrazole rings is 1. The van der Waals surface area contributed by atoms with Gasteiger partial charge in [-0.05, 0) is 16.8 Å². The molecule has 0 amide bonds. The van der Waals surface area contributed by atoms with Gasteiger partial charge in [0.2, 0.25) is 5.16 Å². The first-order chi connectivity index (χ1) is 7.24. The second-order valence-electron chi connectivity index (χ2n) is 3.64. The van der Waals surface area contributed by atoms with Crippen LogP contribution < -0.4 is 5.32 Å². The van der Waals surface area contributed by atoms with E-state index in [0.717, 1.165) is 30.4 Å². The Morgan fingerprint density at radius 3 is 2.93 bits per heavy atom. The fourth-order valence-electron chi connectivity index (χ4n) is 1.09. The molecule has 1 aromatic rings. The van der Waals surface area contributed by atoms with Gasteiger partial charge >= 0.3 is 0 Å². The average molecular weight is 229 g/mol. The minimum atomic E-state index is 0.508. The lowest BCUT2D eigenvalue weighted by atomic mass is 10.4. The lowest BCUT2D eigenvalue weighted by Gasteiger charge is -2.08. The zero-order chi connectivity index (χ0) is 11.1. The van der Waals surface area contributed by atoms with Gasteiger partial charge in [-0.3, -0.25) is 0 Å². The van der Waals surface area contributed by atoms with Crippen LogP contribution in [0.15, 0.2) is 5.16 Å². The molecule has 86 valence electrons. The molecule has 0 aromatic carbocycles. The van der Waals surface area contributed by atoms with E-state index in [4.69, 9.17) is 0 Å². The Hall–Kier alpha value is -0.620. The summed E-state index contributed by atoms with van der Waals surface area (Å²) in [5, 5.41) is 15.9. The molecule has 5 nitrogen and oxygen atoms in total. The van der Waals surface area contributed by atoms with Crippen molar-refractivity contribution < 1.29 is 0 Å². The van der Waals surface area contributed by atoms with Crippen molar-refractivity contribution in [1.82, 2.24) is 25.5 Å². The Bertz CT molecular complexity index is 273. The van der Waals surface area contributed by atoms with E-state index in [0.29, 0.717) is 6.04 Å². The van der Waals surface area contributed by atoms with Crippen molar-refractivity contribution in [1.29, 1.82) is 0 Å². The monoisotopic (exact) mass is 229 g/mol. The molecule has 0 atom stereocenters. The summed E-state index contributed by atoms with van der Waals surface area (Å²) >= 11 is 1.71. The summed E-state index contributed by atoms with van der Waals surface area (Å²) in [5.74, 6) is 1.07. The highest BCUT2D eigenvalue weighted by Gasteiger charge is 2.05. The molecule has 15 heavy (non-hydrogen) atoms. The van der Waals surface area contributed by atoms with Crippen molar-refractivity contribution in [2.24, 2.45) is 0 Å². The number of hydrogen-bond donors (Lipinski definition) is 1. The van der Waals surface area contributed by atoms with Crippen molar-refractivity contribution in [3.05, 3.63) is 0 Å². The van der Waals surface area contributed by atoms with Crippen molar-refractivity contribution in [2.75, 3.05) is 12.3 Å². The van der Waals surface area contributed by atoms with Gasteiger partial charge in [0.25, 0.3) is 0 Å². The van der Waals surface area contributed by atoms with Gasteiger partial charge in [-0.15, -0.1) is 5.10 Å². The standard InChI is InChI=1S/C9H19N5S/c1-4-7-15-9-11-12-13-14(9)6-5-10-8(2)3/h8,10H,4-7H2,1-3H3. The van der Waals surface area contributed by atoms with Crippen molar-refractivity contribution in [2.45, 2.75) is 44.9 Å². The molecule has 0 aliphatic heterocycles. The van der Waals surface area contributed by atoms with E-state index in [2.05, 4.69) is 41.6 Å². The molecule has 0 bridgehead atoms. The van der Waals surface area contributed by atoms with E-state index in [-0.39, 0.29) is 0 Å². The third kappa shape index (κ3) is 4.61. The van der Waals surface area contributed by atoms with Gasteiger partial charge in [0.05, 0.1) is 6.54 Å². The zero-order valence-corrected chi connectivity index (χ0v) is 10.4. The van der Waals surface area contributed by atoms with E-state index in [1.54, 1.807) is 11.8 Å². The molecule has 1 heterocycles. The lowest BCUT2D eigenvalue weighted by Crippen LogP contribution is -2.27. The number of aromatic nitrogens is 4. The maximum atomic E-state index is 3.99. The topological polar surface area (TPSA) is 55.6 Å². The van der Waals surface area contributed by atoms with Crippen LogP contribution in [0.3, 0.4) is 0 Å². The fourth-order valence-corrected chi connectivity index (χ4v) is 1.85. The molecule has 1 rings (SSSR count). The summed E-state index contributed by atoms with van der Waals surface area (Å²) in [7, 11) is 0. The fraction of sp³-hybridized carbons (Fsp3) is 0.889. The first-order valence-corrected chi connectivity index (χ1v) is 6.35. The molecule has 1 aromatic heterocycles. The molecule has 0 fully saturated rings. The highest BCUT2D eigenvalue weighted by atomic mass is 32.2. The van der Waals surface area contributed by atoms with E-state index in [1.165, 1.54) is 0 Å². The Morgan fingerprint density at radius 2 is 2.27 bits per heavy atom. The van der Waals surface area contributed by atoms with Crippen molar-refractivity contribution in [3.8, 4) is 0 Å². The van der Waals surface area contributed by atoms with E-state index in [1.807, 2.05) is 4.68 Å². The molecule has 0 unspecified atom stereocenters. The average Bonchev–Trinajstić information content (AvgIpc) is 2.62. The van der Waals surface area contributed by atoms with Crippen LogP contribution in [0.25, 0.3) is 0 Å². The van der Waals surface area contributed by atoms with Gasteiger partial charge in [0.15, 0.2) is 0 Å². The second kappa shape index (κ2) is 6.79. The van der Waals surface area contributed by atoms with Crippen molar-refractivity contribution >= 4 is 11.8 Å². The van der Waals surface area contributed by atoms with E-state index < -0.39 is 0 Å². The van der Waals surface area contributed by atoms with Crippen LogP contribution in [-0.4, -0.2) is 38.5 Å². The quantitative estimate of drug-likeness (QED) is 0.711. The summed E-state index contributed by atoms with van der Waals surface area (Å²) in [4.78, 5) is 0. The predicted octanol–water partition coefficient (Wildman–Crippen LogP) is 1.17. The summed E-state index contributed by atoms with van der Waals surface area (Å²) in [6.07, 6.45) is 1.14. The molecule has 0 aliphatic rings. The summed E-state index contributed by atoms with van der Waals surface area (Å²) in [6.45, 7) is 8.15. The molecular formula is C9H19N5S. The Balaban J connectivity index is 2.35. The van der Waals surface area contributed by atoms with Crippen LogP contribution in [0.5, 0.6) is 0 Å². The predicted molar refractivity (Wildman–Crippen MR) is 62.0 cm³/mol. The van der Waals surface area contributed by atoms with Crippen LogP contribution in [0, 0.1) is 0 Å². The Morgan fingerprint density at radius 1 is 1.47 bits per heavy atom. The highest BCUT2D eigenvalue weighted by Crippen LogP contribution is 2.13. The highest BCUT2D eigenvalue weighted by molar-refractivity contribution is 7.99. The molecule has 0 radical (unpaired) electrons. The van der Waals surface area contributed by atoms with Crippen LogP contribution in [0.1, 0.15) is 27.2 Å². The number of nitrogens with one attached hydrogen (secondary N) is 1. The number of hydrogen-bond acceptors (Lipinski definition) is 5. The lowest BCUT2D eigenvalue weighted by molar-refractivity contribution is 0.485. The minimum Gasteiger partial charge on any atom is -0.313 e. The zero-order valence-electron chi connectivity index (χ0n) is 9.60. The SMILES string of the molecule is CCCSc1nnnn1CCNC(C)C. The van der Waals surface area contributed by atoms with Crippen molar-refractivity contribution in [3.63, 3.8) is 0 Å². The van der Waals surface area contributed by atoms with Crippen LogP contribution in [-0.2, 0) is 6.54 Å². The van der Waals surface area contributed by atoms with Crippen LogP contribution in [0.2, 0.25) is 0 Å². The second-order valence-corrected chi connectivity index (χ2v) is 4.70. The Labute approximate surface area is 95.0 Å². The first kappa shape index (κ1) is 12.4. The normalized spacial score (nSPS) is 11.2. The van der Waals surface area contributed by atoms with Crippen LogP contribution in [0.4, 0.5) is 0 Å². The number of rotatable bonds is 7. The Kier molecular flexibility index (Phi) is 5.63. The maximum absolute atomic E-state index is 3.99. The first-order valence-electron chi connectivity index (χ1n) is 5.36. The molecule has 0 saturated carbocycles. The minimum absolute atomic E-state index is 0.508. The maximum Gasteiger partial charge on any atom is 0.209 e. The summed E-state index contributed by atoms with van der Waals surface area (Å²) in [6, 6.07) is 0.508. The molecule has 0 saturated heterocycles. The van der Waals surface area contributed by atoms with E-state index >= 15 is 0 Å². The van der Waals surface area contributed by atoms with E-state index in [9.17, 15) is 0 Å². The van der Waals surface area contributed by atoms with Gasteiger partial charge in [0.1, 0.15) is 0 Å². The summed E-state index contributed by atoms with van der Waals surface area (Å²) in [5.41, 5.74) is 0. The molecule has 0 aliphatic carbocycles. The molecular weight excluding hydrogens is 210 g/mol. The molecule has 1 N–H and O–H groups in total. The molecule has 6 heteroatoms. The van der Waals surface area contributed by atoms with Gasteiger partial charge in [-0.1, -0.05) is 32.5 Å². The molecule has 0 spiro atoms. The number of nitrogens with zero attached hydrogens (tertiary/aromatic N) is 4. The number of thioether (sulfide) groups is 1. The summed E-state index contributed by atoms with van der Waals surface area (Å²) < 4.78 is 1.86. The largest absolute Gasteiger partial charge is 0.313 e. The van der Waals surface area contributed by atoms with Gasteiger partial charge in [-0.25, -0.2) is 4.68 Å². The van der Waals surface area contributed by atoms with Gasteiger partial charge in [-0.2, -0.15) is 0 Å². The smallest absolute Gasteiger partial charge is 0.209 e. The van der Waals surface area contributed by atoms with Gasteiger partial charge < -0.3 is 5.32 Å². The third-order valence-electron chi connectivity index (χ3n) is 1.81. The van der Waals surface area contributed by atoms with Crippen LogP contribution >= 0.6 is 11.8 Å². The third-order valence-corrected chi connectivity index (χ3v) is 2.97. The van der Waals surface area contributed by atoms with Gasteiger partial charge in [0, 0.05) is 18.3 Å².